The van der Waals surface area contributed by atoms with Crippen LogP contribution in [0.15, 0.2) is 17.0 Å². The summed E-state index contributed by atoms with van der Waals surface area (Å²) in [6, 6.07) is 5.23. The maximum atomic E-state index is 12.7. The SMILES string of the molecule is COc1cc(C)c(SN(C)CCC(=O)NC2CCC(N3CCC(CCN4CCC4)CC3)CC2)c(C)c1. The van der Waals surface area contributed by atoms with Crippen molar-refractivity contribution in [1.29, 1.82) is 0 Å². The Morgan fingerprint density at radius 3 is 2.31 bits per heavy atom. The molecule has 4 rings (SSSR count). The summed E-state index contributed by atoms with van der Waals surface area (Å²) in [7, 11) is 3.78. The van der Waals surface area contributed by atoms with Crippen LogP contribution in [0.5, 0.6) is 5.75 Å². The monoisotopic (exact) mass is 516 g/mol. The molecule has 0 aromatic heterocycles. The molecule has 6 nitrogen and oxygen atoms in total. The molecule has 1 amide bonds. The van der Waals surface area contributed by atoms with E-state index in [1.807, 2.05) is 0 Å². The van der Waals surface area contributed by atoms with Crippen LogP contribution in [-0.4, -0.2) is 85.5 Å². The number of carbonyl (C=O) groups is 1. The summed E-state index contributed by atoms with van der Waals surface area (Å²) in [5.41, 5.74) is 2.42. The van der Waals surface area contributed by atoms with Gasteiger partial charge in [0.05, 0.1) is 7.11 Å². The van der Waals surface area contributed by atoms with E-state index < -0.39 is 0 Å². The highest BCUT2D eigenvalue weighted by molar-refractivity contribution is 7.97. The Morgan fingerprint density at radius 1 is 1.06 bits per heavy atom. The highest BCUT2D eigenvalue weighted by Gasteiger charge is 2.29. The molecule has 1 aromatic carbocycles. The smallest absolute Gasteiger partial charge is 0.221 e. The number of carbonyl (C=O) groups excluding carboxylic acids is 1. The second-order valence-electron chi connectivity index (χ2n) is 11.3. The third kappa shape index (κ3) is 7.86. The van der Waals surface area contributed by atoms with E-state index in [2.05, 4.69) is 52.4 Å². The van der Waals surface area contributed by atoms with Crippen LogP contribution in [0.4, 0.5) is 0 Å². The summed E-state index contributed by atoms with van der Waals surface area (Å²) in [5, 5.41) is 3.33. The quantitative estimate of drug-likeness (QED) is 0.423. The maximum Gasteiger partial charge on any atom is 0.221 e. The van der Waals surface area contributed by atoms with Crippen LogP contribution in [0.1, 0.15) is 68.9 Å². The summed E-state index contributed by atoms with van der Waals surface area (Å²) in [4.78, 5) is 19.3. The summed E-state index contributed by atoms with van der Waals surface area (Å²) >= 11 is 1.72. The molecule has 0 radical (unpaired) electrons. The normalized spacial score (nSPS) is 24.0. The first-order chi connectivity index (χ1) is 17.4. The van der Waals surface area contributed by atoms with Crippen LogP contribution < -0.4 is 10.1 Å². The predicted molar refractivity (Wildman–Crippen MR) is 150 cm³/mol. The molecule has 36 heavy (non-hydrogen) atoms. The standard InChI is InChI=1S/C29H48N4O2S/c1-22-20-27(35-4)21-23(2)29(22)36-31(3)16-13-28(34)30-25-6-8-26(9-7-25)33-18-11-24(12-19-33)10-17-32-14-5-15-32/h20-21,24-26H,5-19H2,1-4H3,(H,30,34). The van der Waals surface area contributed by atoms with E-state index in [0.29, 0.717) is 12.5 Å². The van der Waals surface area contributed by atoms with Gasteiger partial charge in [-0.1, -0.05) is 0 Å². The maximum absolute atomic E-state index is 12.7. The van der Waals surface area contributed by atoms with Gasteiger partial charge in [0.25, 0.3) is 0 Å². The van der Waals surface area contributed by atoms with Gasteiger partial charge in [0, 0.05) is 29.9 Å². The van der Waals surface area contributed by atoms with E-state index in [0.717, 1.165) is 37.1 Å². The molecular formula is C29H48N4O2S. The number of hydrogen-bond acceptors (Lipinski definition) is 6. The zero-order chi connectivity index (χ0) is 25.5. The van der Waals surface area contributed by atoms with Gasteiger partial charge in [-0.2, -0.15) is 0 Å². The minimum absolute atomic E-state index is 0.192. The van der Waals surface area contributed by atoms with Gasteiger partial charge in [0.15, 0.2) is 0 Å². The van der Waals surface area contributed by atoms with Crippen LogP contribution in [-0.2, 0) is 4.79 Å². The Kier molecular flexibility index (Phi) is 10.4. The lowest BCUT2D eigenvalue weighted by molar-refractivity contribution is -0.122. The fourth-order valence-electron chi connectivity index (χ4n) is 6.10. The largest absolute Gasteiger partial charge is 0.497 e. The van der Waals surface area contributed by atoms with E-state index in [4.69, 9.17) is 4.74 Å². The Labute approximate surface area is 223 Å². The van der Waals surface area contributed by atoms with Gasteiger partial charge in [-0.25, -0.2) is 4.31 Å². The van der Waals surface area contributed by atoms with Gasteiger partial charge >= 0.3 is 0 Å². The van der Waals surface area contributed by atoms with Crippen LogP contribution in [0, 0.1) is 19.8 Å². The van der Waals surface area contributed by atoms with Gasteiger partial charge in [0.2, 0.25) is 5.91 Å². The van der Waals surface area contributed by atoms with E-state index in [-0.39, 0.29) is 5.91 Å². The molecule has 0 bridgehead atoms. The Bertz CT molecular complexity index is 823. The number of nitrogens with one attached hydrogen (secondary N) is 1. The lowest BCUT2D eigenvalue weighted by Gasteiger charge is -2.41. The van der Waals surface area contributed by atoms with Crippen LogP contribution >= 0.6 is 11.9 Å². The van der Waals surface area contributed by atoms with E-state index in [9.17, 15) is 4.79 Å². The average Bonchev–Trinajstić information content (AvgIpc) is 2.85. The highest BCUT2D eigenvalue weighted by atomic mass is 32.2. The number of rotatable bonds is 11. The van der Waals surface area contributed by atoms with Gasteiger partial charge in [0.1, 0.15) is 5.75 Å². The van der Waals surface area contributed by atoms with E-state index >= 15 is 0 Å². The van der Waals surface area contributed by atoms with Crippen molar-refractivity contribution in [2.75, 3.05) is 53.4 Å². The predicted octanol–water partition coefficient (Wildman–Crippen LogP) is 4.88. The minimum Gasteiger partial charge on any atom is -0.497 e. The molecule has 0 atom stereocenters. The third-order valence-corrected chi connectivity index (χ3v) is 9.92. The molecule has 3 aliphatic rings. The molecule has 0 unspecified atom stereocenters. The first-order valence-corrected chi connectivity index (χ1v) is 15.0. The molecular weight excluding hydrogens is 468 g/mol. The van der Waals surface area contributed by atoms with E-state index in [1.54, 1.807) is 19.1 Å². The second-order valence-corrected chi connectivity index (χ2v) is 12.5. The van der Waals surface area contributed by atoms with Crippen molar-refractivity contribution in [3.05, 3.63) is 23.3 Å². The number of methoxy groups -OCH3 is 1. The second kappa shape index (κ2) is 13.5. The van der Waals surface area contributed by atoms with Gasteiger partial charge in [-0.3, -0.25) is 4.79 Å². The first-order valence-electron chi connectivity index (χ1n) is 14.2. The van der Waals surface area contributed by atoms with Crippen molar-refractivity contribution in [2.24, 2.45) is 5.92 Å². The molecule has 0 spiro atoms. The average molecular weight is 517 g/mol. The minimum atomic E-state index is 0.192. The molecule has 202 valence electrons. The van der Waals surface area contributed by atoms with Crippen molar-refractivity contribution in [1.82, 2.24) is 19.4 Å². The molecule has 2 heterocycles. The Morgan fingerprint density at radius 2 is 1.72 bits per heavy atom. The summed E-state index contributed by atoms with van der Waals surface area (Å²) in [6.07, 6.45) is 10.8. The highest BCUT2D eigenvalue weighted by Crippen LogP contribution is 2.32. The molecule has 1 saturated carbocycles. The van der Waals surface area contributed by atoms with Gasteiger partial charge in [-0.05, 0) is 146 Å². The lowest BCUT2D eigenvalue weighted by atomic mass is 9.86. The molecule has 1 aromatic rings. The molecule has 1 aliphatic carbocycles. The van der Waals surface area contributed by atoms with Crippen molar-refractivity contribution >= 4 is 17.9 Å². The van der Waals surface area contributed by atoms with Gasteiger partial charge < -0.3 is 19.9 Å². The number of amides is 1. The lowest BCUT2D eigenvalue weighted by Crippen LogP contribution is -2.47. The Hall–Kier alpha value is -1.28. The summed E-state index contributed by atoms with van der Waals surface area (Å²) in [5.74, 6) is 2.02. The van der Waals surface area contributed by atoms with Crippen LogP contribution in [0.25, 0.3) is 0 Å². The molecule has 7 heteroatoms. The van der Waals surface area contributed by atoms with Crippen LogP contribution in [0.2, 0.25) is 0 Å². The number of benzene rings is 1. The van der Waals surface area contributed by atoms with Crippen molar-refractivity contribution in [3.63, 3.8) is 0 Å². The number of piperidine rings is 1. The molecule has 1 N–H and O–H groups in total. The number of likely N-dealkylation sites (tertiary alicyclic amines) is 2. The molecule has 3 fully saturated rings. The third-order valence-electron chi connectivity index (χ3n) is 8.60. The van der Waals surface area contributed by atoms with E-state index in [1.165, 1.54) is 87.3 Å². The number of ether oxygens (including phenoxy) is 1. The number of nitrogens with zero attached hydrogens (tertiary/aromatic N) is 3. The van der Waals surface area contributed by atoms with Crippen molar-refractivity contribution < 1.29 is 9.53 Å². The van der Waals surface area contributed by atoms with Crippen molar-refractivity contribution in [2.45, 2.75) is 88.6 Å². The summed E-state index contributed by atoms with van der Waals surface area (Å²) in [6.45, 7) is 11.5. The topological polar surface area (TPSA) is 48.1 Å². The number of hydrogen-bond donors (Lipinski definition) is 1. The zero-order valence-electron chi connectivity index (χ0n) is 23.1. The fraction of sp³-hybridized carbons (Fsp3) is 0.759. The Balaban J connectivity index is 1.10. The number of aryl methyl sites for hydroxylation is 2. The fourth-order valence-corrected chi connectivity index (χ4v) is 7.00. The molecule has 2 aliphatic heterocycles. The zero-order valence-corrected chi connectivity index (χ0v) is 23.9. The van der Waals surface area contributed by atoms with Crippen molar-refractivity contribution in [3.8, 4) is 5.75 Å². The summed E-state index contributed by atoms with van der Waals surface area (Å²) < 4.78 is 7.55. The van der Waals surface area contributed by atoms with Gasteiger partial charge in [-0.15, -0.1) is 0 Å². The van der Waals surface area contributed by atoms with Crippen LogP contribution in [0.3, 0.4) is 0 Å². The first kappa shape index (κ1) is 27.7. The molecule has 2 saturated heterocycles.